The third kappa shape index (κ3) is 7.11. The van der Waals surface area contributed by atoms with E-state index in [9.17, 15) is 8.42 Å². The number of hydrogen-bond donors (Lipinski definition) is 2. The molecular weight excluding hydrogens is 496 g/mol. The molecule has 3 aromatic carbocycles. The third-order valence-electron chi connectivity index (χ3n) is 7.60. The van der Waals surface area contributed by atoms with Crippen LogP contribution in [0.1, 0.15) is 41.0 Å². The largest absolute Gasteiger partial charge is 0.496 e. The second-order valence-corrected chi connectivity index (χ2v) is 11.5. The summed E-state index contributed by atoms with van der Waals surface area (Å²) in [7, 11) is -1.91. The van der Waals surface area contributed by atoms with Gasteiger partial charge in [-0.2, -0.15) is 8.42 Å². The van der Waals surface area contributed by atoms with Crippen LogP contribution >= 0.6 is 0 Å². The van der Waals surface area contributed by atoms with Crippen molar-refractivity contribution in [3.05, 3.63) is 108 Å². The molecule has 0 spiro atoms. The molecule has 0 unspecified atom stereocenters. The van der Waals surface area contributed by atoms with Crippen LogP contribution in [0.2, 0.25) is 0 Å². The van der Waals surface area contributed by atoms with Crippen molar-refractivity contribution in [1.82, 2.24) is 10.2 Å². The van der Waals surface area contributed by atoms with E-state index < -0.39 is 10.1 Å². The van der Waals surface area contributed by atoms with E-state index in [0.717, 1.165) is 17.9 Å². The number of hydrogen-bond acceptors (Lipinski definition) is 5. The Morgan fingerprint density at radius 2 is 1.58 bits per heavy atom. The van der Waals surface area contributed by atoms with Gasteiger partial charge in [-0.25, -0.2) is 0 Å². The molecule has 2 atom stereocenters. The second kappa shape index (κ2) is 12.7. The van der Waals surface area contributed by atoms with Crippen LogP contribution in [0.5, 0.6) is 5.75 Å². The number of benzene rings is 3. The lowest BCUT2D eigenvalue weighted by Crippen LogP contribution is -2.64. The van der Waals surface area contributed by atoms with Crippen LogP contribution < -0.4 is 10.1 Å². The lowest BCUT2D eigenvalue weighted by molar-refractivity contribution is 0.00462. The monoisotopic (exact) mass is 534 g/mol. The van der Waals surface area contributed by atoms with Gasteiger partial charge in [-0.15, -0.1) is 0 Å². The van der Waals surface area contributed by atoms with Crippen molar-refractivity contribution >= 4 is 16.2 Å². The molecule has 6 rings (SSSR count). The topological polar surface area (TPSA) is 78.9 Å². The highest BCUT2D eigenvalue weighted by Gasteiger charge is 2.46. The SMILES string of the molecule is C=Cc1ccc(OC)c(CN[C@H]2C3CCN(CC3)[C@H]2C(c2ccccc2)c2ccccc2)c1.CS(=O)(=O)O. The molecule has 0 saturated carbocycles. The molecule has 0 amide bonds. The smallest absolute Gasteiger partial charge is 0.261 e. The molecule has 3 aliphatic rings. The number of nitrogens with zero attached hydrogens (tertiary/aromatic N) is 1. The predicted molar refractivity (Wildman–Crippen MR) is 154 cm³/mol. The second-order valence-electron chi connectivity index (χ2n) is 10.1. The van der Waals surface area contributed by atoms with Crippen LogP contribution in [-0.2, 0) is 16.7 Å². The van der Waals surface area contributed by atoms with E-state index in [0.29, 0.717) is 30.2 Å². The summed E-state index contributed by atoms with van der Waals surface area (Å²) < 4.78 is 31.5. The van der Waals surface area contributed by atoms with Crippen molar-refractivity contribution in [3.63, 3.8) is 0 Å². The van der Waals surface area contributed by atoms with E-state index in [2.05, 4.69) is 95.7 Å². The minimum absolute atomic E-state index is 0.342. The van der Waals surface area contributed by atoms with Crippen molar-refractivity contribution in [1.29, 1.82) is 0 Å². The molecule has 3 saturated heterocycles. The van der Waals surface area contributed by atoms with Crippen LogP contribution in [0.3, 0.4) is 0 Å². The summed E-state index contributed by atoms with van der Waals surface area (Å²) in [6.07, 6.45) is 5.16. The van der Waals surface area contributed by atoms with Gasteiger partial charge < -0.3 is 10.1 Å². The maximum Gasteiger partial charge on any atom is 0.261 e. The first-order valence-electron chi connectivity index (χ1n) is 13.1. The molecule has 3 fully saturated rings. The fraction of sp³-hybridized carbons (Fsp3) is 0.355. The number of methoxy groups -OCH3 is 1. The molecule has 3 heterocycles. The Labute approximate surface area is 227 Å². The molecule has 2 bridgehead atoms. The molecule has 202 valence electrons. The molecule has 2 N–H and O–H groups in total. The Kier molecular flexibility index (Phi) is 9.39. The number of piperidine rings is 3. The fourth-order valence-corrected chi connectivity index (χ4v) is 5.99. The highest BCUT2D eigenvalue weighted by atomic mass is 32.2. The van der Waals surface area contributed by atoms with E-state index in [1.54, 1.807) is 7.11 Å². The van der Waals surface area contributed by atoms with E-state index in [1.807, 2.05) is 6.08 Å². The molecule has 6 nitrogen and oxygen atoms in total. The molecule has 7 heteroatoms. The molecule has 0 radical (unpaired) electrons. The fourth-order valence-electron chi connectivity index (χ4n) is 5.99. The van der Waals surface area contributed by atoms with Crippen LogP contribution in [0, 0.1) is 5.92 Å². The number of fused-ring (bicyclic) bond motifs is 3. The molecule has 3 aliphatic heterocycles. The molecule has 38 heavy (non-hydrogen) atoms. The standard InChI is InChI=1S/C30H34N2O.CH4O3S/c1-3-22-14-15-27(33-2)26(20-22)21-31-29-25-16-18-32(19-17-25)30(29)28(23-10-6-4-7-11-23)24-12-8-5-9-13-24;1-5(2,3)4/h3-15,20,25,28-31H,1,16-19,21H2,2H3;1H3,(H,2,3,4)/t29-,30-;/m0./s1. The summed E-state index contributed by atoms with van der Waals surface area (Å²) >= 11 is 0. The summed E-state index contributed by atoms with van der Waals surface area (Å²) in [5, 5.41) is 4.01. The van der Waals surface area contributed by atoms with Gasteiger partial charge in [0.1, 0.15) is 5.75 Å². The first-order chi connectivity index (χ1) is 18.3. The lowest BCUT2D eigenvalue weighted by Gasteiger charge is -2.54. The van der Waals surface area contributed by atoms with E-state index in [-0.39, 0.29) is 0 Å². The molecule has 0 aliphatic carbocycles. The van der Waals surface area contributed by atoms with Crippen molar-refractivity contribution < 1.29 is 17.7 Å². The van der Waals surface area contributed by atoms with Crippen LogP contribution in [-0.4, -0.2) is 56.4 Å². The van der Waals surface area contributed by atoms with E-state index >= 15 is 0 Å². The number of rotatable bonds is 8. The quantitative estimate of drug-likeness (QED) is 0.386. The van der Waals surface area contributed by atoms with Crippen LogP contribution in [0.15, 0.2) is 85.4 Å². The van der Waals surface area contributed by atoms with Gasteiger partial charge in [0.2, 0.25) is 0 Å². The Bertz CT molecular complexity index is 1240. The van der Waals surface area contributed by atoms with Gasteiger partial charge in [0.15, 0.2) is 0 Å². The highest BCUT2D eigenvalue weighted by molar-refractivity contribution is 7.85. The maximum absolute atomic E-state index is 9.19. The van der Waals surface area contributed by atoms with Gasteiger partial charge in [0.25, 0.3) is 10.1 Å². The third-order valence-corrected chi connectivity index (χ3v) is 7.60. The lowest BCUT2D eigenvalue weighted by atomic mass is 9.70. The van der Waals surface area contributed by atoms with Crippen molar-refractivity contribution in [2.24, 2.45) is 5.92 Å². The minimum Gasteiger partial charge on any atom is -0.496 e. The van der Waals surface area contributed by atoms with Crippen molar-refractivity contribution in [3.8, 4) is 5.75 Å². The van der Waals surface area contributed by atoms with E-state index in [4.69, 9.17) is 9.29 Å². The molecular formula is C31H38N2O4S. The van der Waals surface area contributed by atoms with Gasteiger partial charge in [0, 0.05) is 30.1 Å². The zero-order valence-electron chi connectivity index (χ0n) is 22.2. The van der Waals surface area contributed by atoms with Gasteiger partial charge in [-0.3, -0.25) is 9.45 Å². The first-order valence-corrected chi connectivity index (χ1v) is 14.9. The average Bonchev–Trinajstić information content (AvgIpc) is 2.93. The van der Waals surface area contributed by atoms with Crippen LogP contribution in [0.25, 0.3) is 6.08 Å². The molecule has 0 aromatic heterocycles. The van der Waals surface area contributed by atoms with Gasteiger partial charge in [-0.05, 0) is 60.7 Å². The van der Waals surface area contributed by atoms with Gasteiger partial charge in [0.05, 0.1) is 13.4 Å². The number of nitrogens with one attached hydrogen (secondary N) is 1. The summed E-state index contributed by atoms with van der Waals surface area (Å²) in [5.41, 5.74) is 5.13. The van der Waals surface area contributed by atoms with Crippen molar-refractivity contribution in [2.75, 3.05) is 26.5 Å². The minimum atomic E-state index is -3.67. The Morgan fingerprint density at radius 1 is 1.03 bits per heavy atom. The predicted octanol–water partition coefficient (Wildman–Crippen LogP) is 5.23. The van der Waals surface area contributed by atoms with Gasteiger partial charge in [-0.1, -0.05) is 79.4 Å². The summed E-state index contributed by atoms with van der Waals surface area (Å²) in [6.45, 7) is 7.13. The van der Waals surface area contributed by atoms with Crippen molar-refractivity contribution in [2.45, 2.75) is 37.4 Å². The van der Waals surface area contributed by atoms with Crippen LogP contribution in [0.4, 0.5) is 0 Å². The molecule has 3 aromatic rings. The van der Waals surface area contributed by atoms with E-state index in [1.165, 1.54) is 42.6 Å². The Morgan fingerprint density at radius 3 is 2.08 bits per heavy atom. The summed E-state index contributed by atoms with van der Waals surface area (Å²) in [6, 6.07) is 29.3. The normalized spacial score (nSPS) is 22.4. The zero-order valence-corrected chi connectivity index (χ0v) is 23.0. The summed E-state index contributed by atoms with van der Waals surface area (Å²) in [4.78, 5) is 2.74. The number of ether oxygens (including phenoxy) is 1. The first kappa shape index (κ1) is 28.0. The maximum atomic E-state index is 9.19. The Hall–Kier alpha value is -2.97. The highest BCUT2D eigenvalue weighted by Crippen LogP contribution is 2.42. The Balaban J connectivity index is 0.000000617. The summed E-state index contributed by atoms with van der Waals surface area (Å²) in [5.74, 6) is 1.98. The average molecular weight is 535 g/mol. The van der Waals surface area contributed by atoms with Gasteiger partial charge >= 0.3 is 0 Å². The zero-order chi connectivity index (χ0) is 27.1.